The topological polar surface area (TPSA) is 0 Å². The molecule has 0 atom stereocenters. The Morgan fingerprint density at radius 2 is 0.656 bits per heavy atom. The number of fused-ring (bicyclic) bond motifs is 6. The lowest BCUT2D eigenvalue weighted by atomic mass is 9.92. The molecule has 6 aromatic carbocycles. The van der Waals surface area contributed by atoms with Gasteiger partial charge in [0, 0.05) is 0 Å². The van der Waals surface area contributed by atoms with Crippen LogP contribution in [0.2, 0.25) is 0 Å². The van der Waals surface area contributed by atoms with Crippen molar-refractivity contribution in [2.45, 2.75) is 0 Å². The fraction of sp³-hybridized carbons (Fsp3) is 0. The van der Waals surface area contributed by atoms with Crippen LogP contribution < -0.4 is 0 Å². The van der Waals surface area contributed by atoms with E-state index in [0.717, 1.165) is 0 Å². The Hall–Kier alpha value is -4.16. The molecule has 0 spiro atoms. The standard InChI is InChI=1S/C32H18/c1-3-11-25-23(9-1)27-13-5-7-19-15-21(17-29(25)31(19)27)22-16-20-8-6-14-28-24-10-2-4-12-26(24)30(18-22)32(20)28/h1-18H. The molecule has 2 aliphatic carbocycles. The lowest BCUT2D eigenvalue weighted by molar-refractivity contribution is 1.67. The summed E-state index contributed by atoms with van der Waals surface area (Å²) in [5, 5.41) is 5.40. The van der Waals surface area contributed by atoms with Gasteiger partial charge in [-0.25, -0.2) is 0 Å². The van der Waals surface area contributed by atoms with Crippen molar-refractivity contribution in [1.29, 1.82) is 0 Å². The molecule has 0 nitrogen and oxygen atoms in total. The second-order valence-corrected chi connectivity index (χ2v) is 8.95. The molecule has 0 heterocycles. The lowest BCUT2D eigenvalue weighted by Gasteiger charge is -2.11. The van der Waals surface area contributed by atoms with Crippen LogP contribution >= 0.6 is 0 Å². The van der Waals surface area contributed by atoms with Crippen molar-refractivity contribution in [3.05, 3.63) is 109 Å². The molecule has 8 rings (SSSR count). The van der Waals surface area contributed by atoms with Gasteiger partial charge in [0.05, 0.1) is 0 Å². The summed E-state index contributed by atoms with van der Waals surface area (Å²) < 4.78 is 0. The highest BCUT2D eigenvalue weighted by atomic mass is 14.3. The summed E-state index contributed by atoms with van der Waals surface area (Å²) in [6, 6.07) is 40.5. The number of hydrogen-bond acceptors (Lipinski definition) is 0. The Labute approximate surface area is 186 Å². The fourth-order valence-corrected chi connectivity index (χ4v) is 5.97. The van der Waals surface area contributed by atoms with Crippen molar-refractivity contribution in [1.82, 2.24) is 0 Å². The van der Waals surface area contributed by atoms with E-state index in [1.165, 1.54) is 77.2 Å². The molecular formula is C32H18. The van der Waals surface area contributed by atoms with Crippen molar-refractivity contribution in [3.63, 3.8) is 0 Å². The van der Waals surface area contributed by atoms with Crippen LogP contribution in [-0.2, 0) is 0 Å². The van der Waals surface area contributed by atoms with Crippen LogP contribution in [0.3, 0.4) is 0 Å². The van der Waals surface area contributed by atoms with Crippen molar-refractivity contribution in [2.75, 3.05) is 0 Å². The predicted molar refractivity (Wildman–Crippen MR) is 136 cm³/mol. The van der Waals surface area contributed by atoms with E-state index < -0.39 is 0 Å². The maximum Gasteiger partial charge on any atom is -0.00259 e. The van der Waals surface area contributed by atoms with E-state index in [2.05, 4.69) is 109 Å². The van der Waals surface area contributed by atoms with Gasteiger partial charge in [0.25, 0.3) is 0 Å². The molecule has 0 fully saturated rings. The molecule has 0 aliphatic heterocycles. The summed E-state index contributed by atoms with van der Waals surface area (Å²) in [5.41, 5.74) is 13.4. The van der Waals surface area contributed by atoms with E-state index in [-0.39, 0.29) is 0 Å². The molecule has 6 aromatic rings. The Bertz CT molecular complexity index is 1630. The van der Waals surface area contributed by atoms with Gasteiger partial charge in [0.2, 0.25) is 0 Å². The second kappa shape index (κ2) is 5.75. The van der Waals surface area contributed by atoms with Crippen LogP contribution in [0.1, 0.15) is 0 Å². The van der Waals surface area contributed by atoms with E-state index in [1.807, 2.05) is 0 Å². The van der Waals surface area contributed by atoms with E-state index in [4.69, 9.17) is 0 Å². The van der Waals surface area contributed by atoms with Crippen LogP contribution in [-0.4, -0.2) is 0 Å². The van der Waals surface area contributed by atoms with E-state index in [0.29, 0.717) is 0 Å². The SMILES string of the molecule is c1ccc2c(c1)-c1cccc3cc(-c4cc5c6c(cccc6c4)-c4ccccc4-5)cc-2c13. The van der Waals surface area contributed by atoms with Gasteiger partial charge in [-0.2, -0.15) is 0 Å². The molecule has 146 valence electrons. The Morgan fingerprint density at radius 3 is 1.09 bits per heavy atom. The molecule has 0 bridgehead atoms. The van der Waals surface area contributed by atoms with Gasteiger partial charge in [-0.3, -0.25) is 0 Å². The minimum atomic E-state index is 1.29. The monoisotopic (exact) mass is 402 g/mol. The third-order valence-corrected chi connectivity index (χ3v) is 7.30. The zero-order valence-electron chi connectivity index (χ0n) is 17.4. The summed E-state index contributed by atoms with van der Waals surface area (Å²) in [4.78, 5) is 0. The summed E-state index contributed by atoms with van der Waals surface area (Å²) in [6.45, 7) is 0. The smallest absolute Gasteiger partial charge is 0.00259 e. The van der Waals surface area contributed by atoms with Crippen molar-refractivity contribution in [3.8, 4) is 55.6 Å². The van der Waals surface area contributed by atoms with Gasteiger partial charge in [-0.1, -0.05) is 84.9 Å². The highest BCUT2D eigenvalue weighted by molar-refractivity contribution is 6.18. The summed E-state index contributed by atoms with van der Waals surface area (Å²) in [7, 11) is 0. The lowest BCUT2D eigenvalue weighted by Crippen LogP contribution is -1.85. The quantitative estimate of drug-likeness (QED) is 0.257. The average Bonchev–Trinajstić information content (AvgIpc) is 3.35. The first-order valence-corrected chi connectivity index (χ1v) is 11.2. The van der Waals surface area contributed by atoms with Gasteiger partial charge in [-0.05, 0) is 101 Å². The normalized spacial score (nSPS) is 12.4. The summed E-state index contributed by atoms with van der Waals surface area (Å²) in [6.07, 6.45) is 0. The van der Waals surface area contributed by atoms with Crippen molar-refractivity contribution in [2.24, 2.45) is 0 Å². The van der Waals surface area contributed by atoms with Gasteiger partial charge in [0.1, 0.15) is 0 Å². The Morgan fingerprint density at radius 1 is 0.281 bits per heavy atom. The predicted octanol–water partition coefficient (Wildman–Crippen LogP) is 8.95. The zero-order valence-corrected chi connectivity index (χ0v) is 17.4. The third-order valence-electron chi connectivity index (χ3n) is 7.30. The first-order valence-electron chi connectivity index (χ1n) is 11.2. The molecule has 0 radical (unpaired) electrons. The van der Waals surface area contributed by atoms with E-state index >= 15 is 0 Å². The fourth-order valence-electron chi connectivity index (χ4n) is 5.97. The molecule has 2 aliphatic rings. The molecule has 0 amide bonds. The number of rotatable bonds is 1. The van der Waals surface area contributed by atoms with E-state index in [9.17, 15) is 0 Å². The molecule has 0 saturated carbocycles. The van der Waals surface area contributed by atoms with Gasteiger partial charge < -0.3 is 0 Å². The van der Waals surface area contributed by atoms with Crippen LogP contribution in [0.5, 0.6) is 0 Å². The maximum atomic E-state index is 2.40. The first kappa shape index (κ1) is 16.5. The molecule has 0 N–H and O–H groups in total. The maximum absolute atomic E-state index is 2.40. The Kier molecular flexibility index (Phi) is 2.97. The molecule has 0 saturated heterocycles. The zero-order chi connectivity index (χ0) is 20.8. The molecule has 32 heavy (non-hydrogen) atoms. The van der Waals surface area contributed by atoms with Crippen LogP contribution in [0.25, 0.3) is 77.2 Å². The third kappa shape index (κ3) is 1.98. The minimum Gasteiger partial charge on any atom is -0.0616 e. The summed E-state index contributed by atoms with van der Waals surface area (Å²) >= 11 is 0. The van der Waals surface area contributed by atoms with Crippen LogP contribution in [0.4, 0.5) is 0 Å². The minimum absolute atomic E-state index is 1.29. The summed E-state index contributed by atoms with van der Waals surface area (Å²) in [5.74, 6) is 0. The second-order valence-electron chi connectivity index (χ2n) is 8.95. The van der Waals surface area contributed by atoms with E-state index in [1.54, 1.807) is 0 Å². The molecule has 0 unspecified atom stereocenters. The largest absolute Gasteiger partial charge is 0.0616 e. The number of hydrogen-bond donors (Lipinski definition) is 0. The average molecular weight is 402 g/mol. The number of benzene rings is 6. The van der Waals surface area contributed by atoms with Gasteiger partial charge >= 0.3 is 0 Å². The van der Waals surface area contributed by atoms with Crippen molar-refractivity contribution < 1.29 is 0 Å². The first-order chi connectivity index (χ1) is 15.9. The highest BCUT2D eigenvalue weighted by Crippen LogP contribution is 2.51. The Balaban J connectivity index is 1.45. The van der Waals surface area contributed by atoms with Crippen LogP contribution in [0.15, 0.2) is 109 Å². The van der Waals surface area contributed by atoms with Crippen molar-refractivity contribution >= 4 is 21.5 Å². The molecular weight excluding hydrogens is 384 g/mol. The highest BCUT2D eigenvalue weighted by Gasteiger charge is 2.24. The molecule has 0 aromatic heterocycles. The molecule has 0 heteroatoms. The van der Waals surface area contributed by atoms with Gasteiger partial charge in [0.15, 0.2) is 0 Å². The van der Waals surface area contributed by atoms with Crippen LogP contribution in [0, 0.1) is 0 Å². The van der Waals surface area contributed by atoms with Gasteiger partial charge in [-0.15, -0.1) is 0 Å².